The van der Waals surface area contributed by atoms with Crippen molar-refractivity contribution in [2.75, 3.05) is 6.61 Å². The van der Waals surface area contributed by atoms with Crippen LogP contribution >= 0.6 is 0 Å². The second-order valence-electron chi connectivity index (χ2n) is 3.27. The molecule has 0 aliphatic carbocycles. The van der Waals surface area contributed by atoms with Crippen molar-refractivity contribution in [2.24, 2.45) is 0 Å². The molecule has 0 atom stereocenters. The number of hydrogen-bond acceptors (Lipinski definition) is 5. The van der Waals surface area contributed by atoms with E-state index in [1.807, 2.05) is 6.92 Å². The van der Waals surface area contributed by atoms with E-state index in [4.69, 9.17) is 14.4 Å². The lowest BCUT2D eigenvalue weighted by Crippen LogP contribution is -1.95. The van der Waals surface area contributed by atoms with Gasteiger partial charge in [0.25, 0.3) is 0 Å². The zero-order valence-electron chi connectivity index (χ0n) is 8.94. The largest absolute Gasteiger partial charge is 0.503 e. The van der Waals surface area contributed by atoms with Crippen molar-refractivity contribution in [1.29, 1.82) is 5.26 Å². The van der Waals surface area contributed by atoms with Gasteiger partial charge in [0.05, 0.1) is 6.61 Å². The van der Waals surface area contributed by atoms with E-state index in [-0.39, 0.29) is 11.5 Å². The van der Waals surface area contributed by atoms with Crippen molar-refractivity contribution in [1.82, 2.24) is 4.98 Å². The molecule has 0 aromatic carbocycles. The van der Waals surface area contributed by atoms with Crippen LogP contribution in [0.2, 0.25) is 0 Å². The SMILES string of the molecule is CCOc1nc(C)cc2oc(C#N)c(O)c12. The first-order chi connectivity index (χ1) is 7.67. The van der Waals surface area contributed by atoms with Crippen LogP contribution in [0.25, 0.3) is 11.0 Å². The minimum absolute atomic E-state index is 0.122. The van der Waals surface area contributed by atoms with Crippen LogP contribution in [0, 0.1) is 18.3 Å². The lowest BCUT2D eigenvalue weighted by Gasteiger charge is -2.03. The van der Waals surface area contributed by atoms with Crippen molar-refractivity contribution in [3.63, 3.8) is 0 Å². The third-order valence-electron chi connectivity index (χ3n) is 2.12. The molecule has 82 valence electrons. The smallest absolute Gasteiger partial charge is 0.246 e. The molecule has 1 N–H and O–H groups in total. The minimum atomic E-state index is -0.214. The van der Waals surface area contributed by atoms with Crippen LogP contribution in [0.5, 0.6) is 11.6 Å². The summed E-state index contributed by atoms with van der Waals surface area (Å²) < 4.78 is 10.5. The number of furan rings is 1. The molecule has 2 aromatic heterocycles. The summed E-state index contributed by atoms with van der Waals surface area (Å²) >= 11 is 0. The third-order valence-corrected chi connectivity index (χ3v) is 2.12. The van der Waals surface area contributed by atoms with Crippen LogP contribution in [0.4, 0.5) is 0 Å². The van der Waals surface area contributed by atoms with E-state index in [1.54, 1.807) is 19.1 Å². The molecule has 0 saturated carbocycles. The van der Waals surface area contributed by atoms with Crippen LogP contribution in [0.1, 0.15) is 18.4 Å². The molecule has 0 bridgehead atoms. The number of aromatic hydroxyl groups is 1. The van der Waals surface area contributed by atoms with Gasteiger partial charge in [-0.15, -0.1) is 0 Å². The second kappa shape index (κ2) is 3.74. The number of aryl methyl sites for hydroxylation is 1. The number of rotatable bonds is 2. The van der Waals surface area contributed by atoms with Crippen molar-refractivity contribution < 1.29 is 14.3 Å². The lowest BCUT2D eigenvalue weighted by molar-refractivity contribution is 0.329. The normalized spacial score (nSPS) is 10.3. The molecule has 16 heavy (non-hydrogen) atoms. The van der Waals surface area contributed by atoms with Gasteiger partial charge in [-0.25, -0.2) is 4.98 Å². The highest BCUT2D eigenvalue weighted by Gasteiger charge is 2.18. The molecule has 5 heteroatoms. The van der Waals surface area contributed by atoms with Gasteiger partial charge in [-0.1, -0.05) is 0 Å². The summed E-state index contributed by atoms with van der Waals surface area (Å²) in [6, 6.07) is 3.42. The summed E-state index contributed by atoms with van der Waals surface area (Å²) in [5.74, 6) is -0.0444. The Morgan fingerprint density at radius 3 is 3.00 bits per heavy atom. The Labute approximate surface area is 91.9 Å². The number of ether oxygens (including phenoxy) is 1. The fraction of sp³-hybridized carbons (Fsp3) is 0.273. The molecule has 0 aliphatic rings. The maximum absolute atomic E-state index is 9.75. The van der Waals surface area contributed by atoms with Gasteiger partial charge in [0.1, 0.15) is 17.0 Å². The third kappa shape index (κ3) is 1.44. The van der Waals surface area contributed by atoms with E-state index in [0.717, 1.165) is 0 Å². The Morgan fingerprint density at radius 2 is 2.38 bits per heavy atom. The highest BCUT2D eigenvalue weighted by atomic mass is 16.5. The van der Waals surface area contributed by atoms with Crippen LogP contribution in [-0.2, 0) is 0 Å². The fourth-order valence-corrected chi connectivity index (χ4v) is 1.50. The molecule has 0 amide bonds. The number of hydrogen-bond donors (Lipinski definition) is 1. The van der Waals surface area contributed by atoms with Gasteiger partial charge in [-0.3, -0.25) is 0 Å². The summed E-state index contributed by atoms with van der Waals surface area (Å²) in [5.41, 5.74) is 1.11. The average molecular weight is 218 g/mol. The Hall–Kier alpha value is -2.22. The average Bonchev–Trinajstić information content (AvgIpc) is 2.55. The maximum atomic E-state index is 9.75. The predicted molar refractivity (Wildman–Crippen MR) is 56.3 cm³/mol. The van der Waals surface area contributed by atoms with Gasteiger partial charge in [-0.05, 0) is 13.8 Å². The maximum Gasteiger partial charge on any atom is 0.246 e. The minimum Gasteiger partial charge on any atom is -0.503 e. The van der Waals surface area contributed by atoms with Crippen LogP contribution in [0.15, 0.2) is 10.5 Å². The van der Waals surface area contributed by atoms with Crippen molar-refractivity contribution in [3.8, 4) is 17.7 Å². The second-order valence-corrected chi connectivity index (χ2v) is 3.27. The molecule has 2 heterocycles. The topological polar surface area (TPSA) is 79.3 Å². The standard InChI is InChI=1S/C11H10N2O3/c1-3-15-11-9-7(4-6(2)13-11)16-8(5-12)10(9)14/h4,14H,3H2,1-2H3. The first kappa shape index (κ1) is 10.3. The predicted octanol–water partition coefficient (Wildman–Crippen LogP) is 2.11. The van der Waals surface area contributed by atoms with Crippen LogP contribution in [-0.4, -0.2) is 16.7 Å². The molecular weight excluding hydrogens is 208 g/mol. The van der Waals surface area contributed by atoms with Gasteiger partial charge in [0, 0.05) is 11.8 Å². The molecule has 0 aliphatic heterocycles. The summed E-state index contributed by atoms with van der Waals surface area (Å²) in [6.45, 7) is 4.03. The number of nitriles is 1. The lowest BCUT2D eigenvalue weighted by atomic mass is 10.2. The van der Waals surface area contributed by atoms with Gasteiger partial charge < -0.3 is 14.3 Å². The van der Waals surface area contributed by atoms with E-state index < -0.39 is 0 Å². The molecule has 0 unspecified atom stereocenters. The first-order valence-electron chi connectivity index (χ1n) is 4.83. The van der Waals surface area contributed by atoms with E-state index in [0.29, 0.717) is 29.2 Å². The van der Waals surface area contributed by atoms with Gasteiger partial charge >= 0.3 is 0 Å². The molecule has 5 nitrogen and oxygen atoms in total. The first-order valence-corrected chi connectivity index (χ1v) is 4.83. The van der Waals surface area contributed by atoms with Crippen LogP contribution in [0.3, 0.4) is 0 Å². The molecule has 0 fully saturated rings. The number of aromatic nitrogens is 1. The molecule has 0 spiro atoms. The molecular formula is C11H10N2O3. The molecule has 0 saturated heterocycles. The number of pyridine rings is 1. The Kier molecular flexibility index (Phi) is 2.41. The number of fused-ring (bicyclic) bond motifs is 1. The fourth-order valence-electron chi connectivity index (χ4n) is 1.50. The summed E-state index contributed by atoms with van der Waals surface area (Å²) in [4.78, 5) is 4.15. The van der Waals surface area contributed by atoms with Gasteiger partial charge in [0.2, 0.25) is 11.6 Å². The highest BCUT2D eigenvalue weighted by molar-refractivity contribution is 5.90. The zero-order chi connectivity index (χ0) is 11.7. The van der Waals surface area contributed by atoms with E-state index in [9.17, 15) is 5.11 Å². The summed E-state index contributed by atoms with van der Waals surface area (Å²) in [7, 11) is 0. The Bertz CT molecular complexity index is 581. The van der Waals surface area contributed by atoms with Crippen LogP contribution < -0.4 is 4.74 Å². The summed E-state index contributed by atoms with van der Waals surface area (Å²) in [6.07, 6.45) is 0. The highest BCUT2D eigenvalue weighted by Crippen LogP contribution is 2.37. The Balaban J connectivity index is 2.78. The molecule has 2 rings (SSSR count). The van der Waals surface area contributed by atoms with E-state index >= 15 is 0 Å². The van der Waals surface area contributed by atoms with Crippen molar-refractivity contribution in [3.05, 3.63) is 17.5 Å². The zero-order valence-corrected chi connectivity index (χ0v) is 8.94. The molecule has 2 aromatic rings. The number of nitrogens with zero attached hydrogens (tertiary/aromatic N) is 2. The van der Waals surface area contributed by atoms with E-state index in [2.05, 4.69) is 4.98 Å². The van der Waals surface area contributed by atoms with Crippen molar-refractivity contribution >= 4 is 11.0 Å². The van der Waals surface area contributed by atoms with Gasteiger partial charge in [0.15, 0.2) is 5.75 Å². The Morgan fingerprint density at radius 1 is 1.62 bits per heavy atom. The van der Waals surface area contributed by atoms with E-state index in [1.165, 1.54) is 0 Å². The van der Waals surface area contributed by atoms with Gasteiger partial charge in [-0.2, -0.15) is 5.26 Å². The van der Waals surface area contributed by atoms with Crippen molar-refractivity contribution in [2.45, 2.75) is 13.8 Å². The molecule has 0 radical (unpaired) electrons. The summed E-state index contributed by atoms with van der Waals surface area (Å²) in [5, 5.41) is 18.8. The quantitative estimate of drug-likeness (QED) is 0.835. The monoisotopic (exact) mass is 218 g/mol.